The van der Waals surface area contributed by atoms with Gasteiger partial charge in [-0.15, -0.1) is 0 Å². The van der Waals surface area contributed by atoms with Crippen molar-refractivity contribution in [3.63, 3.8) is 0 Å². The maximum atomic E-state index is 12.8. The predicted octanol–water partition coefficient (Wildman–Crippen LogP) is 19.3. The summed E-state index contributed by atoms with van der Waals surface area (Å²) in [5.74, 6) is -0.877. The molecule has 0 rings (SSSR count). The monoisotopic (exact) mass is 927 g/mol. The van der Waals surface area contributed by atoms with Crippen LogP contribution in [0, 0.1) is 0 Å². The lowest BCUT2D eigenvalue weighted by Gasteiger charge is -2.18. The second-order valence-electron chi connectivity index (χ2n) is 19.5. The Morgan fingerprint density at radius 3 is 0.803 bits per heavy atom. The first-order valence-electron chi connectivity index (χ1n) is 29.0. The van der Waals surface area contributed by atoms with E-state index in [1.165, 1.54) is 205 Å². The van der Waals surface area contributed by atoms with Gasteiger partial charge in [0.2, 0.25) is 0 Å². The van der Waals surface area contributed by atoms with E-state index in [-0.39, 0.29) is 31.1 Å². The van der Waals surface area contributed by atoms with Gasteiger partial charge in [-0.1, -0.05) is 237 Å². The van der Waals surface area contributed by atoms with Crippen molar-refractivity contribution in [1.29, 1.82) is 0 Å². The van der Waals surface area contributed by atoms with E-state index in [0.717, 1.165) is 64.2 Å². The smallest absolute Gasteiger partial charge is 0.306 e. The van der Waals surface area contributed by atoms with Gasteiger partial charge in [0.25, 0.3) is 0 Å². The normalized spacial score (nSPS) is 12.2. The molecule has 0 heterocycles. The summed E-state index contributed by atoms with van der Waals surface area (Å²) in [7, 11) is 0. The van der Waals surface area contributed by atoms with E-state index in [2.05, 4.69) is 57.2 Å². The molecule has 0 amide bonds. The van der Waals surface area contributed by atoms with Crippen molar-refractivity contribution in [1.82, 2.24) is 0 Å². The molecule has 0 fully saturated rings. The minimum absolute atomic E-state index is 0.0754. The Morgan fingerprint density at radius 2 is 0.515 bits per heavy atom. The van der Waals surface area contributed by atoms with E-state index in [0.29, 0.717) is 19.3 Å². The minimum Gasteiger partial charge on any atom is -0.462 e. The summed E-state index contributed by atoms with van der Waals surface area (Å²) in [6.45, 7) is 6.62. The lowest BCUT2D eigenvalue weighted by molar-refractivity contribution is -0.167. The van der Waals surface area contributed by atoms with Gasteiger partial charge in [-0.05, 0) is 89.9 Å². The van der Waals surface area contributed by atoms with Crippen LogP contribution >= 0.6 is 0 Å². The minimum atomic E-state index is -0.776. The second kappa shape index (κ2) is 55.2. The van der Waals surface area contributed by atoms with Gasteiger partial charge in [0.05, 0.1) is 0 Å². The molecule has 0 bridgehead atoms. The standard InChI is InChI=1S/C60H110O6/c1-4-7-10-13-16-19-22-24-26-28-30-32-33-35-38-41-44-47-50-53-59(62)65-56-57(55-64-58(61)52-49-46-43-40-37-21-18-15-12-9-6-3)66-60(63)54-51-48-45-42-39-36-34-31-29-27-25-23-20-17-14-11-8-5-2/h15,18,24,26-27,29,57H,4-14,16-17,19-23,25,28,30-56H2,1-3H3/b18-15-,26-24-,29-27-. The van der Waals surface area contributed by atoms with E-state index in [1.54, 1.807) is 0 Å². The number of hydrogen-bond donors (Lipinski definition) is 0. The Labute approximate surface area is 410 Å². The molecule has 66 heavy (non-hydrogen) atoms. The van der Waals surface area contributed by atoms with Crippen LogP contribution in [0.25, 0.3) is 0 Å². The molecule has 6 nitrogen and oxygen atoms in total. The Hall–Kier alpha value is -2.37. The van der Waals surface area contributed by atoms with E-state index in [4.69, 9.17) is 14.2 Å². The fourth-order valence-corrected chi connectivity index (χ4v) is 8.41. The van der Waals surface area contributed by atoms with Crippen molar-refractivity contribution in [2.45, 2.75) is 316 Å². The van der Waals surface area contributed by atoms with Crippen LogP contribution in [0.5, 0.6) is 0 Å². The number of allylic oxidation sites excluding steroid dienone is 6. The zero-order chi connectivity index (χ0) is 47.9. The summed E-state index contributed by atoms with van der Waals surface area (Å²) < 4.78 is 16.8. The lowest BCUT2D eigenvalue weighted by Crippen LogP contribution is -2.30. The highest BCUT2D eigenvalue weighted by atomic mass is 16.6. The molecule has 0 aliphatic heterocycles. The first kappa shape index (κ1) is 63.6. The lowest BCUT2D eigenvalue weighted by atomic mass is 10.1. The number of hydrogen-bond acceptors (Lipinski definition) is 6. The van der Waals surface area contributed by atoms with Gasteiger partial charge in [-0.25, -0.2) is 0 Å². The predicted molar refractivity (Wildman–Crippen MR) is 284 cm³/mol. The van der Waals surface area contributed by atoms with Gasteiger partial charge in [-0.3, -0.25) is 14.4 Å². The Bertz CT molecular complexity index is 1110. The number of carbonyl (C=O) groups excluding carboxylic acids is 3. The molecule has 0 aliphatic carbocycles. The Morgan fingerprint density at radius 1 is 0.288 bits per heavy atom. The van der Waals surface area contributed by atoms with Gasteiger partial charge in [0.1, 0.15) is 13.2 Å². The largest absolute Gasteiger partial charge is 0.462 e. The Balaban J connectivity index is 4.31. The maximum absolute atomic E-state index is 12.8. The van der Waals surface area contributed by atoms with Crippen molar-refractivity contribution in [2.24, 2.45) is 0 Å². The molecule has 0 saturated heterocycles. The van der Waals surface area contributed by atoms with Gasteiger partial charge in [0, 0.05) is 19.3 Å². The number of ether oxygens (including phenoxy) is 3. The van der Waals surface area contributed by atoms with Crippen molar-refractivity contribution in [3.05, 3.63) is 36.5 Å². The first-order chi connectivity index (χ1) is 32.5. The molecular weight excluding hydrogens is 817 g/mol. The third-order valence-corrected chi connectivity index (χ3v) is 12.8. The molecule has 6 heteroatoms. The first-order valence-corrected chi connectivity index (χ1v) is 29.0. The zero-order valence-electron chi connectivity index (χ0n) is 44.2. The van der Waals surface area contributed by atoms with Crippen LogP contribution in [0.3, 0.4) is 0 Å². The zero-order valence-corrected chi connectivity index (χ0v) is 44.2. The molecule has 1 atom stereocenters. The maximum Gasteiger partial charge on any atom is 0.306 e. The van der Waals surface area contributed by atoms with Crippen molar-refractivity contribution < 1.29 is 28.6 Å². The number of rotatable bonds is 53. The molecule has 0 aliphatic rings. The topological polar surface area (TPSA) is 78.9 Å². The molecule has 0 saturated carbocycles. The van der Waals surface area contributed by atoms with E-state index in [9.17, 15) is 14.4 Å². The fraction of sp³-hybridized carbons (Fsp3) is 0.850. The van der Waals surface area contributed by atoms with Crippen LogP contribution in [-0.2, 0) is 28.6 Å². The molecule has 0 radical (unpaired) electrons. The summed E-state index contributed by atoms with van der Waals surface area (Å²) >= 11 is 0. The summed E-state index contributed by atoms with van der Waals surface area (Å²) in [5.41, 5.74) is 0. The third kappa shape index (κ3) is 52.6. The van der Waals surface area contributed by atoms with Crippen LogP contribution in [0.1, 0.15) is 310 Å². The summed E-state index contributed by atoms with van der Waals surface area (Å²) in [5, 5.41) is 0. The molecule has 0 N–H and O–H groups in total. The van der Waals surface area contributed by atoms with E-state index in [1.807, 2.05) is 0 Å². The van der Waals surface area contributed by atoms with Crippen molar-refractivity contribution in [3.8, 4) is 0 Å². The van der Waals surface area contributed by atoms with Gasteiger partial charge in [0.15, 0.2) is 6.10 Å². The number of unbranched alkanes of at least 4 members (excludes halogenated alkanes) is 36. The van der Waals surface area contributed by atoms with Crippen LogP contribution in [-0.4, -0.2) is 37.2 Å². The molecule has 0 aromatic heterocycles. The van der Waals surface area contributed by atoms with E-state index >= 15 is 0 Å². The van der Waals surface area contributed by atoms with Crippen LogP contribution in [0.2, 0.25) is 0 Å². The van der Waals surface area contributed by atoms with Crippen LogP contribution in [0.4, 0.5) is 0 Å². The third-order valence-electron chi connectivity index (χ3n) is 12.8. The quantitative estimate of drug-likeness (QED) is 0.0262. The molecule has 1 unspecified atom stereocenters. The average molecular weight is 928 g/mol. The van der Waals surface area contributed by atoms with Crippen molar-refractivity contribution in [2.75, 3.05) is 13.2 Å². The molecule has 0 aromatic carbocycles. The number of esters is 3. The Kier molecular flexibility index (Phi) is 53.2. The fourth-order valence-electron chi connectivity index (χ4n) is 8.41. The highest BCUT2D eigenvalue weighted by molar-refractivity contribution is 5.71. The summed E-state index contributed by atoms with van der Waals surface area (Å²) in [4.78, 5) is 38.1. The highest BCUT2D eigenvalue weighted by Crippen LogP contribution is 2.16. The average Bonchev–Trinajstić information content (AvgIpc) is 3.31. The summed E-state index contributed by atoms with van der Waals surface area (Å²) in [6.07, 6.45) is 65.6. The van der Waals surface area contributed by atoms with Crippen LogP contribution in [0.15, 0.2) is 36.5 Å². The van der Waals surface area contributed by atoms with Crippen molar-refractivity contribution >= 4 is 17.9 Å². The highest BCUT2D eigenvalue weighted by Gasteiger charge is 2.19. The molecule has 0 spiro atoms. The molecule has 0 aromatic rings. The SMILES string of the molecule is CCCC/C=C\CCCCCCCC(=O)OCC(COC(=O)CCCCCCCCCCC/C=C\CCCCCCCC)OC(=O)CCCCCCCCC/C=C\CCCCCCCCC. The van der Waals surface area contributed by atoms with Crippen LogP contribution < -0.4 is 0 Å². The summed E-state index contributed by atoms with van der Waals surface area (Å²) in [6, 6.07) is 0. The molecule has 386 valence electrons. The second-order valence-corrected chi connectivity index (χ2v) is 19.5. The van der Waals surface area contributed by atoms with Gasteiger partial charge in [-0.2, -0.15) is 0 Å². The van der Waals surface area contributed by atoms with Gasteiger partial charge < -0.3 is 14.2 Å². The number of carbonyl (C=O) groups is 3. The van der Waals surface area contributed by atoms with E-state index < -0.39 is 6.10 Å². The molecular formula is C60H110O6. The van der Waals surface area contributed by atoms with Gasteiger partial charge >= 0.3 is 17.9 Å².